The molecule has 0 aliphatic heterocycles. The molecule has 18 heavy (non-hydrogen) atoms. The first-order chi connectivity index (χ1) is 8.49. The Kier molecular flexibility index (Phi) is 3.78. The van der Waals surface area contributed by atoms with Gasteiger partial charge in [0.25, 0.3) is 0 Å². The summed E-state index contributed by atoms with van der Waals surface area (Å²) < 4.78 is 5.11. The minimum absolute atomic E-state index is 0.129. The van der Waals surface area contributed by atoms with Gasteiger partial charge in [-0.15, -0.1) is 0 Å². The van der Waals surface area contributed by atoms with Gasteiger partial charge in [-0.1, -0.05) is 29.3 Å². The van der Waals surface area contributed by atoms with E-state index in [1.165, 1.54) is 0 Å². The number of ether oxygens (including phenoxy) is 1. The van der Waals surface area contributed by atoms with Crippen molar-refractivity contribution < 1.29 is 19.4 Å². The van der Waals surface area contributed by atoms with Gasteiger partial charge in [-0.2, -0.15) is 0 Å². The van der Waals surface area contributed by atoms with Gasteiger partial charge < -0.3 is 9.84 Å². The van der Waals surface area contributed by atoms with E-state index in [0.29, 0.717) is 12.8 Å². The number of benzene rings is 1. The highest BCUT2D eigenvalue weighted by molar-refractivity contribution is 6.37. The molecule has 0 saturated heterocycles. The van der Waals surface area contributed by atoms with E-state index in [0.717, 1.165) is 0 Å². The van der Waals surface area contributed by atoms with Gasteiger partial charge >= 0.3 is 11.9 Å². The van der Waals surface area contributed by atoms with Crippen LogP contribution in [0.4, 0.5) is 0 Å². The Balaban J connectivity index is 1.99. The van der Waals surface area contributed by atoms with Crippen molar-refractivity contribution in [2.24, 2.45) is 11.8 Å². The van der Waals surface area contributed by atoms with Crippen LogP contribution in [0, 0.1) is 11.8 Å². The Morgan fingerprint density at radius 3 is 2.22 bits per heavy atom. The number of aliphatic carboxylic acids is 1. The van der Waals surface area contributed by atoms with Crippen molar-refractivity contribution in [1.82, 2.24) is 0 Å². The molecule has 1 aromatic carbocycles. The molecule has 0 radical (unpaired) electrons. The molecule has 0 heterocycles. The fourth-order valence-electron chi connectivity index (χ4n) is 1.78. The molecule has 1 aliphatic rings. The second-order valence-corrected chi connectivity index (χ2v) is 4.99. The van der Waals surface area contributed by atoms with Crippen molar-refractivity contribution in [3.8, 4) is 5.75 Å². The average molecular weight is 289 g/mol. The molecule has 1 saturated carbocycles. The minimum atomic E-state index is -0.880. The van der Waals surface area contributed by atoms with E-state index in [4.69, 9.17) is 33.0 Å². The molecule has 0 aromatic heterocycles. The Labute approximate surface area is 113 Å². The third kappa shape index (κ3) is 2.60. The second kappa shape index (κ2) is 5.16. The van der Waals surface area contributed by atoms with Gasteiger partial charge in [0.05, 0.1) is 21.9 Å². The first-order valence-electron chi connectivity index (χ1n) is 5.37. The quantitative estimate of drug-likeness (QED) is 0.686. The fourth-order valence-corrected chi connectivity index (χ4v) is 2.25. The zero-order valence-electron chi connectivity index (χ0n) is 9.23. The van der Waals surface area contributed by atoms with Crippen LogP contribution in [-0.4, -0.2) is 17.0 Å². The van der Waals surface area contributed by atoms with Gasteiger partial charge in [0, 0.05) is 0 Å². The molecular formula is C12H10Cl2O4. The molecule has 1 aromatic rings. The predicted octanol–water partition coefficient (Wildman–Crippen LogP) is 3.01. The molecule has 0 amide bonds. The summed E-state index contributed by atoms with van der Waals surface area (Å²) in [6.45, 7) is 0. The third-order valence-electron chi connectivity index (χ3n) is 2.94. The highest BCUT2D eigenvalue weighted by Gasteiger charge is 2.40. The van der Waals surface area contributed by atoms with Gasteiger partial charge in [0.2, 0.25) is 0 Å². The largest absolute Gasteiger partial charge is 0.481 e. The summed E-state index contributed by atoms with van der Waals surface area (Å²) in [6.07, 6.45) is 0.604. The number of esters is 1. The van der Waals surface area contributed by atoms with Crippen LogP contribution in [0.3, 0.4) is 0 Å². The smallest absolute Gasteiger partial charge is 0.314 e. The number of halogens is 2. The monoisotopic (exact) mass is 288 g/mol. The maximum Gasteiger partial charge on any atom is 0.314 e. The lowest BCUT2D eigenvalue weighted by Crippen LogP contribution is -2.37. The summed E-state index contributed by atoms with van der Waals surface area (Å²) in [5.74, 6) is -2.08. The van der Waals surface area contributed by atoms with Crippen LogP contribution >= 0.6 is 23.2 Å². The number of para-hydroxylation sites is 1. The van der Waals surface area contributed by atoms with Gasteiger partial charge in [0.15, 0.2) is 5.75 Å². The number of carbonyl (C=O) groups excluding carboxylic acids is 1. The van der Waals surface area contributed by atoms with Crippen molar-refractivity contribution in [3.05, 3.63) is 28.2 Å². The summed E-state index contributed by atoms with van der Waals surface area (Å²) in [4.78, 5) is 22.4. The Hall–Kier alpha value is -1.26. The van der Waals surface area contributed by atoms with Crippen LogP contribution in [-0.2, 0) is 9.59 Å². The van der Waals surface area contributed by atoms with E-state index in [2.05, 4.69) is 0 Å². The van der Waals surface area contributed by atoms with Gasteiger partial charge in [-0.3, -0.25) is 9.59 Å². The van der Waals surface area contributed by atoms with E-state index in [1.54, 1.807) is 18.2 Å². The van der Waals surface area contributed by atoms with Crippen LogP contribution < -0.4 is 4.74 Å². The summed E-state index contributed by atoms with van der Waals surface area (Å²) in [6, 6.07) is 4.78. The van der Waals surface area contributed by atoms with Gasteiger partial charge in [-0.05, 0) is 25.0 Å². The van der Waals surface area contributed by atoms with Crippen molar-refractivity contribution in [3.63, 3.8) is 0 Å². The topological polar surface area (TPSA) is 63.6 Å². The molecule has 6 heteroatoms. The van der Waals surface area contributed by atoms with E-state index >= 15 is 0 Å². The van der Waals surface area contributed by atoms with E-state index in [9.17, 15) is 9.59 Å². The first kappa shape index (κ1) is 13.2. The lowest BCUT2D eigenvalue weighted by atomic mass is 9.75. The van der Waals surface area contributed by atoms with Crippen molar-refractivity contribution in [2.75, 3.05) is 0 Å². The Morgan fingerprint density at radius 1 is 1.17 bits per heavy atom. The molecule has 2 rings (SSSR count). The molecule has 0 spiro atoms. The van der Waals surface area contributed by atoms with Crippen molar-refractivity contribution in [1.29, 1.82) is 0 Å². The molecule has 0 atom stereocenters. The van der Waals surface area contributed by atoms with Crippen LogP contribution in [0.2, 0.25) is 10.0 Å². The lowest BCUT2D eigenvalue weighted by molar-refractivity contribution is -0.152. The first-order valence-corrected chi connectivity index (χ1v) is 6.13. The summed E-state index contributed by atoms with van der Waals surface area (Å²) >= 11 is 11.7. The number of hydrogen-bond acceptors (Lipinski definition) is 3. The van der Waals surface area contributed by atoms with Crippen LogP contribution in [0.15, 0.2) is 18.2 Å². The summed E-state index contributed by atoms with van der Waals surface area (Å²) in [7, 11) is 0. The molecule has 96 valence electrons. The van der Waals surface area contributed by atoms with Crippen LogP contribution in [0.25, 0.3) is 0 Å². The Morgan fingerprint density at radius 2 is 1.72 bits per heavy atom. The summed E-state index contributed by atoms with van der Waals surface area (Å²) in [5, 5.41) is 9.23. The number of carboxylic acid groups (broad SMARTS) is 1. The molecule has 1 N–H and O–H groups in total. The van der Waals surface area contributed by atoms with E-state index in [-0.39, 0.29) is 15.8 Å². The standard InChI is InChI=1S/C12H10Cl2O4/c13-8-2-1-3-9(14)10(8)18-12(17)7-4-6(5-7)11(15)16/h1-3,6-7H,4-5H2,(H,15,16). The molecule has 1 aliphatic carbocycles. The van der Waals surface area contributed by atoms with Crippen molar-refractivity contribution >= 4 is 35.1 Å². The van der Waals surface area contributed by atoms with E-state index < -0.39 is 23.8 Å². The maximum absolute atomic E-state index is 11.7. The minimum Gasteiger partial charge on any atom is -0.481 e. The number of hydrogen-bond donors (Lipinski definition) is 1. The zero-order chi connectivity index (χ0) is 13.3. The molecule has 0 bridgehead atoms. The van der Waals surface area contributed by atoms with Gasteiger partial charge in [-0.25, -0.2) is 0 Å². The Bertz CT molecular complexity index is 475. The van der Waals surface area contributed by atoms with Crippen molar-refractivity contribution in [2.45, 2.75) is 12.8 Å². The summed E-state index contributed by atoms with van der Waals surface area (Å²) in [5.41, 5.74) is 0. The van der Waals surface area contributed by atoms with E-state index in [1.807, 2.05) is 0 Å². The molecule has 1 fully saturated rings. The molecule has 0 unspecified atom stereocenters. The number of carbonyl (C=O) groups is 2. The normalized spacial score (nSPS) is 22.1. The van der Waals surface area contributed by atoms with Crippen LogP contribution in [0.1, 0.15) is 12.8 Å². The zero-order valence-corrected chi connectivity index (χ0v) is 10.7. The molecular weight excluding hydrogens is 279 g/mol. The SMILES string of the molecule is O=C(O)C1CC(C(=O)Oc2c(Cl)cccc2Cl)C1. The number of carboxylic acids is 1. The number of rotatable bonds is 3. The molecule has 4 nitrogen and oxygen atoms in total. The highest BCUT2D eigenvalue weighted by atomic mass is 35.5. The van der Waals surface area contributed by atoms with Gasteiger partial charge in [0.1, 0.15) is 0 Å². The third-order valence-corrected chi connectivity index (χ3v) is 3.54. The predicted molar refractivity (Wildman–Crippen MR) is 65.9 cm³/mol. The highest BCUT2D eigenvalue weighted by Crippen LogP contribution is 2.37. The lowest BCUT2D eigenvalue weighted by Gasteiger charge is -2.30. The fraction of sp³-hybridized carbons (Fsp3) is 0.333. The van der Waals surface area contributed by atoms with Crippen LogP contribution in [0.5, 0.6) is 5.75 Å². The average Bonchev–Trinajstić information content (AvgIpc) is 2.21. The second-order valence-electron chi connectivity index (χ2n) is 4.18. The maximum atomic E-state index is 11.7.